The number of ketones is 1. The third-order valence-corrected chi connectivity index (χ3v) is 4.68. The van der Waals surface area contributed by atoms with Gasteiger partial charge < -0.3 is 14.5 Å². The lowest BCUT2D eigenvalue weighted by atomic mass is 10.0. The minimum atomic E-state index is -0.888. The van der Waals surface area contributed by atoms with Gasteiger partial charge in [-0.15, -0.1) is 0 Å². The molecule has 1 unspecified atom stereocenters. The second-order valence-corrected chi connectivity index (χ2v) is 6.47. The Labute approximate surface area is 141 Å². The number of rotatable bonds is 6. The molecule has 0 radical (unpaired) electrons. The highest BCUT2D eigenvalue weighted by Gasteiger charge is 2.28. The predicted molar refractivity (Wildman–Crippen MR) is 88.1 cm³/mol. The molecule has 1 atom stereocenters. The average Bonchev–Trinajstić information content (AvgIpc) is 3.13. The fraction of sp³-hybridized carbons (Fsp3) is 0.611. The van der Waals surface area contributed by atoms with E-state index < -0.39 is 12.1 Å². The lowest BCUT2D eigenvalue weighted by Crippen LogP contribution is -2.26. The molecule has 132 valence electrons. The van der Waals surface area contributed by atoms with Crippen LogP contribution < -0.4 is 0 Å². The fourth-order valence-electron chi connectivity index (χ4n) is 3.36. The van der Waals surface area contributed by atoms with Crippen molar-refractivity contribution in [3.8, 4) is 0 Å². The highest BCUT2D eigenvalue weighted by molar-refractivity contribution is 6.03. The lowest BCUT2D eigenvalue weighted by molar-refractivity contribution is -0.147. The maximum absolute atomic E-state index is 12.6. The van der Waals surface area contributed by atoms with E-state index in [0.29, 0.717) is 29.2 Å². The summed E-state index contributed by atoms with van der Waals surface area (Å²) in [6, 6.07) is 0. The van der Waals surface area contributed by atoms with E-state index in [2.05, 4.69) is 4.98 Å². The molecule has 1 N–H and O–H groups in total. The van der Waals surface area contributed by atoms with Gasteiger partial charge in [0.05, 0.1) is 18.4 Å². The number of aromatic amines is 1. The van der Waals surface area contributed by atoms with Crippen LogP contribution in [-0.2, 0) is 14.3 Å². The van der Waals surface area contributed by atoms with Gasteiger partial charge in [0.1, 0.15) is 0 Å². The molecule has 0 bridgehead atoms. The summed E-state index contributed by atoms with van der Waals surface area (Å²) >= 11 is 0. The quantitative estimate of drug-likeness (QED) is 0.638. The largest absolute Gasteiger partial charge is 0.465 e. The highest BCUT2D eigenvalue weighted by Crippen LogP contribution is 2.28. The van der Waals surface area contributed by atoms with E-state index in [9.17, 15) is 14.4 Å². The molecular formula is C18H25NO5. The number of carbonyl (C=O) groups is 3. The van der Waals surface area contributed by atoms with Crippen LogP contribution in [0.3, 0.4) is 0 Å². The average molecular weight is 335 g/mol. The van der Waals surface area contributed by atoms with Crippen molar-refractivity contribution in [3.63, 3.8) is 0 Å². The lowest BCUT2D eigenvalue weighted by Gasteiger charge is -2.14. The van der Waals surface area contributed by atoms with Gasteiger partial charge in [-0.3, -0.25) is 9.59 Å². The number of H-pyrrole nitrogens is 1. The van der Waals surface area contributed by atoms with Gasteiger partial charge in [0, 0.05) is 12.1 Å². The Morgan fingerprint density at radius 1 is 1.21 bits per heavy atom. The number of Topliss-reactive ketones (excluding diaryl/α,β-unsaturated/α-hetero) is 1. The Bertz CT molecular complexity index is 640. The zero-order valence-corrected chi connectivity index (χ0v) is 14.7. The molecule has 0 aliphatic heterocycles. The number of carbonyl (C=O) groups excluding carboxylic acids is 3. The first-order valence-corrected chi connectivity index (χ1v) is 8.36. The predicted octanol–water partition coefficient (Wildman–Crippen LogP) is 3.11. The van der Waals surface area contributed by atoms with E-state index in [0.717, 1.165) is 25.7 Å². The Kier molecular flexibility index (Phi) is 5.80. The minimum absolute atomic E-state index is 0.286. The topological polar surface area (TPSA) is 85.5 Å². The SMILES string of the molecule is COC(=O)c1c(C)[nH]c(C(=O)C(C)OC(=O)CC2CCCC2)c1C. The third-order valence-electron chi connectivity index (χ3n) is 4.68. The van der Waals surface area contributed by atoms with Crippen molar-refractivity contribution in [3.05, 3.63) is 22.5 Å². The molecule has 0 amide bonds. The van der Waals surface area contributed by atoms with Crippen LogP contribution in [0, 0.1) is 19.8 Å². The number of aryl methyl sites for hydroxylation is 1. The second-order valence-electron chi connectivity index (χ2n) is 6.47. The standard InChI is InChI=1S/C18H25NO5/c1-10-15(18(22)23-4)11(2)19-16(10)17(21)12(3)24-14(20)9-13-7-5-6-8-13/h12-13,19H,5-9H2,1-4H3. The van der Waals surface area contributed by atoms with Crippen LogP contribution >= 0.6 is 0 Å². The summed E-state index contributed by atoms with van der Waals surface area (Å²) in [6.45, 7) is 4.94. The molecule has 1 aliphatic carbocycles. The number of hydrogen-bond donors (Lipinski definition) is 1. The van der Waals surface area contributed by atoms with Crippen LogP contribution in [0.25, 0.3) is 0 Å². The molecule has 0 aromatic carbocycles. The first kappa shape index (κ1) is 18.2. The van der Waals surface area contributed by atoms with E-state index in [-0.39, 0.29) is 17.4 Å². The fourth-order valence-corrected chi connectivity index (χ4v) is 3.36. The number of esters is 2. The van der Waals surface area contributed by atoms with Crippen molar-refractivity contribution in [2.45, 2.75) is 59.0 Å². The number of nitrogens with one attached hydrogen (secondary N) is 1. The molecule has 6 heteroatoms. The monoisotopic (exact) mass is 335 g/mol. The molecule has 1 aromatic heterocycles. The van der Waals surface area contributed by atoms with Gasteiger partial charge in [0.15, 0.2) is 6.10 Å². The summed E-state index contributed by atoms with van der Waals surface area (Å²) in [7, 11) is 1.29. The summed E-state index contributed by atoms with van der Waals surface area (Å²) in [5.41, 5.74) is 1.72. The van der Waals surface area contributed by atoms with Crippen LogP contribution in [0.1, 0.15) is 71.1 Å². The Morgan fingerprint density at radius 3 is 2.42 bits per heavy atom. The van der Waals surface area contributed by atoms with Crippen molar-refractivity contribution in [1.29, 1.82) is 0 Å². The number of aromatic nitrogens is 1. The van der Waals surface area contributed by atoms with E-state index in [1.165, 1.54) is 7.11 Å². The summed E-state index contributed by atoms with van der Waals surface area (Å²) in [5.74, 6) is -0.797. The Balaban J connectivity index is 2.05. The van der Waals surface area contributed by atoms with Crippen molar-refractivity contribution >= 4 is 17.7 Å². The molecule has 1 heterocycles. The normalized spacial score (nSPS) is 16.0. The molecule has 24 heavy (non-hydrogen) atoms. The molecule has 2 rings (SSSR count). The molecule has 1 aromatic rings. The minimum Gasteiger partial charge on any atom is -0.465 e. The highest BCUT2D eigenvalue weighted by atomic mass is 16.5. The summed E-state index contributed by atoms with van der Waals surface area (Å²) in [5, 5.41) is 0. The van der Waals surface area contributed by atoms with Crippen LogP contribution in [0.4, 0.5) is 0 Å². The first-order valence-electron chi connectivity index (χ1n) is 8.36. The molecule has 0 spiro atoms. The van der Waals surface area contributed by atoms with Crippen LogP contribution in [0.5, 0.6) is 0 Å². The molecule has 1 aliphatic rings. The summed E-state index contributed by atoms with van der Waals surface area (Å²) in [6.07, 6.45) is 3.89. The van der Waals surface area contributed by atoms with Crippen LogP contribution in [0.2, 0.25) is 0 Å². The molecular weight excluding hydrogens is 310 g/mol. The van der Waals surface area contributed by atoms with Gasteiger partial charge in [0.25, 0.3) is 0 Å². The molecule has 6 nitrogen and oxygen atoms in total. The van der Waals surface area contributed by atoms with Gasteiger partial charge in [-0.1, -0.05) is 12.8 Å². The third kappa shape index (κ3) is 3.86. The number of hydrogen-bond acceptors (Lipinski definition) is 5. The smallest absolute Gasteiger partial charge is 0.339 e. The summed E-state index contributed by atoms with van der Waals surface area (Å²) < 4.78 is 10.0. The van der Waals surface area contributed by atoms with Gasteiger partial charge in [-0.25, -0.2) is 4.79 Å². The maximum atomic E-state index is 12.6. The van der Waals surface area contributed by atoms with Crippen molar-refractivity contribution < 1.29 is 23.9 Å². The second kappa shape index (κ2) is 7.64. The van der Waals surface area contributed by atoms with E-state index in [4.69, 9.17) is 9.47 Å². The number of ether oxygens (including phenoxy) is 2. The van der Waals surface area contributed by atoms with Crippen molar-refractivity contribution in [2.75, 3.05) is 7.11 Å². The van der Waals surface area contributed by atoms with Gasteiger partial charge in [-0.05, 0) is 45.1 Å². The zero-order valence-electron chi connectivity index (χ0n) is 14.7. The molecule has 1 saturated carbocycles. The van der Waals surface area contributed by atoms with Crippen molar-refractivity contribution in [2.24, 2.45) is 5.92 Å². The molecule has 1 fully saturated rings. The van der Waals surface area contributed by atoms with Gasteiger partial charge in [0.2, 0.25) is 5.78 Å². The van der Waals surface area contributed by atoms with Gasteiger partial charge >= 0.3 is 11.9 Å². The van der Waals surface area contributed by atoms with Crippen LogP contribution in [0.15, 0.2) is 0 Å². The Morgan fingerprint density at radius 2 is 1.83 bits per heavy atom. The van der Waals surface area contributed by atoms with Gasteiger partial charge in [-0.2, -0.15) is 0 Å². The van der Waals surface area contributed by atoms with E-state index >= 15 is 0 Å². The number of methoxy groups -OCH3 is 1. The van der Waals surface area contributed by atoms with E-state index in [1.807, 2.05) is 0 Å². The zero-order chi connectivity index (χ0) is 17.9. The van der Waals surface area contributed by atoms with E-state index in [1.54, 1.807) is 20.8 Å². The van der Waals surface area contributed by atoms with Crippen LogP contribution in [-0.4, -0.2) is 35.9 Å². The molecule has 0 saturated heterocycles. The first-order chi connectivity index (χ1) is 11.3. The Hall–Kier alpha value is -2.11. The van der Waals surface area contributed by atoms with Crippen molar-refractivity contribution in [1.82, 2.24) is 4.98 Å². The maximum Gasteiger partial charge on any atom is 0.339 e. The summed E-state index contributed by atoms with van der Waals surface area (Å²) in [4.78, 5) is 39.3.